The Bertz CT molecular complexity index is 1760. The molecule has 0 bridgehead atoms. The first-order valence-corrected chi connectivity index (χ1v) is 13.7. The van der Waals surface area contributed by atoms with Gasteiger partial charge in [0.15, 0.2) is 0 Å². The largest absolute Gasteiger partial charge is 0.276 e. The van der Waals surface area contributed by atoms with Crippen molar-refractivity contribution in [1.29, 1.82) is 0 Å². The predicted octanol–water partition coefficient (Wildman–Crippen LogP) is 10.2. The Morgan fingerprint density at radius 2 is 0.825 bits per heavy atom. The molecule has 0 unspecified atom stereocenters. The van der Waals surface area contributed by atoms with Gasteiger partial charge in [-0.25, -0.2) is 5.01 Å². The Balaban J connectivity index is 1.65. The summed E-state index contributed by atoms with van der Waals surface area (Å²) in [7, 11) is 0. The summed E-state index contributed by atoms with van der Waals surface area (Å²) in [4.78, 5) is 0. The quantitative estimate of drug-likeness (QED) is 0.237. The van der Waals surface area contributed by atoms with Crippen molar-refractivity contribution in [1.82, 2.24) is 0 Å². The Morgan fingerprint density at radius 3 is 1.32 bits per heavy atom. The molecule has 0 fully saturated rings. The highest BCUT2D eigenvalue weighted by atomic mass is 35.5. The highest BCUT2D eigenvalue weighted by Gasteiger charge is 2.37. The van der Waals surface area contributed by atoms with Crippen LogP contribution in [-0.2, 0) is 0 Å². The van der Waals surface area contributed by atoms with Gasteiger partial charge in [-0.1, -0.05) is 139 Å². The first-order valence-electron chi connectivity index (χ1n) is 13.3. The molecule has 0 aromatic heterocycles. The lowest BCUT2D eigenvalue weighted by Gasteiger charge is -2.32. The Labute approximate surface area is 239 Å². The molecule has 0 saturated carbocycles. The third-order valence-electron chi connectivity index (χ3n) is 7.23. The van der Waals surface area contributed by atoms with E-state index in [1.54, 1.807) is 0 Å². The number of nitrogens with one attached hydrogen (secondary N) is 1. The van der Waals surface area contributed by atoms with Crippen LogP contribution in [0.25, 0.3) is 33.4 Å². The van der Waals surface area contributed by atoms with Crippen molar-refractivity contribution in [2.45, 2.75) is 0 Å². The zero-order chi connectivity index (χ0) is 26.9. The number of benzene rings is 6. The van der Waals surface area contributed by atoms with E-state index in [1.807, 2.05) is 24.3 Å². The van der Waals surface area contributed by atoms with Crippen LogP contribution in [0.4, 0.5) is 22.7 Å². The number of halogens is 1. The third kappa shape index (κ3) is 4.08. The minimum Gasteiger partial charge on any atom is -0.276 e. The summed E-state index contributed by atoms with van der Waals surface area (Å²) in [5, 5.41) is 5.09. The van der Waals surface area contributed by atoms with Crippen LogP contribution in [0.3, 0.4) is 0 Å². The van der Waals surface area contributed by atoms with Crippen molar-refractivity contribution in [2.24, 2.45) is 0 Å². The van der Waals surface area contributed by atoms with Gasteiger partial charge in [-0.2, -0.15) is 5.12 Å². The predicted molar refractivity (Wildman–Crippen MR) is 169 cm³/mol. The number of para-hydroxylation sites is 2. The highest BCUT2D eigenvalue weighted by molar-refractivity contribution is 6.39. The maximum atomic E-state index is 7.53. The smallest absolute Gasteiger partial charge is 0.0994 e. The van der Waals surface area contributed by atoms with Crippen molar-refractivity contribution in [2.75, 3.05) is 15.6 Å². The van der Waals surface area contributed by atoms with Gasteiger partial charge in [0.05, 0.1) is 27.8 Å². The molecule has 0 saturated heterocycles. The van der Waals surface area contributed by atoms with E-state index in [0.717, 1.165) is 56.1 Å². The number of fused-ring (bicyclic) bond motifs is 1. The van der Waals surface area contributed by atoms with E-state index in [2.05, 4.69) is 143 Å². The van der Waals surface area contributed by atoms with Crippen LogP contribution >= 0.6 is 11.6 Å². The van der Waals surface area contributed by atoms with Gasteiger partial charge >= 0.3 is 0 Å². The molecule has 192 valence electrons. The van der Waals surface area contributed by atoms with Crippen molar-refractivity contribution in [3.05, 3.63) is 157 Å². The molecule has 7 rings (SSSR count). The molecular weight excluding hydrogens is 510 g/mol. The molecule has 1 aliphatic rings. The van der Waals surface area contributed by atoms with Gasteiger partial charge in [0, 0.05) is 16.7 Å². The van der Waals surface area contributed by atoms with E-state index in [0.29, 0.717) is 5.02 Å². The Morgan fingerprint density at radius 1 is 0.425 bits per heavy atom. The summed E-state index contributed by atoms with van der Waals surface area (Å²) in [6.45, 7) is 0. The molecule has 6 aromatic carbocycles. The number of hydrazine groups is 2. The molecule has 6 aromatic rings. The van der Waals surface area contributed by atoms with Gasteiger partial charge in [0.25, 0.3) is 0 Å². The van der Waals surface area contributed by atoms with Gasteiger partial charge in [-0.3, -0.25) is 5.43 Å². The third-order valence-corrected chi connectivity index (χ3v) is 7.61. The van der Waals surface area contributed by atoms with Crippen LogP contribution in [-0.4, -0.2) is 0 Å². The van der Waals surface area contributed by atoms with Crippen molar-refractivity contribution >= 4 is 34.4 Å². The molecule has 1 aliphatic heterocycles. The van der Waals surface area contributed by atoms with Crippen molar-refractivity contribution < 1.29 is 0 Å². The van der Waals surface area contributed by atoms with Crippen molar-refractivity contribution in [3.63, 3.8) is 0 Å². The Hall–Kier alpha value is -4.99. The van der Waals surface area contributed by atoms with E-state index in [1.165, 1.54) is 0 Å². The Kier molecular flexibility index (Phi) is 6.19. The summed E-state index contributed by atoms with van der Waals surface area (Å²) in [5.41, 5.74) is 14.1. The van der Waals surface area contributed by atoms with Crippen LogP contribution in [0.5, 0.6) is 0 Å². The second-order valence-electron chi connectivity index (χ2n) is 9.67. The molecule has 0 aliphatic carbocycles. The normalized spacial score (nSPS) is 12.2. The van der Waals surface area contributed by atoms with Crippen LogP contribution in [0.2, 0.25) is 5.02 Å². The molecule has 40 heavy (non-hydrogen) atoms. The summed E-state index contributed by atoms with van der Waals surface area (Å²) in [5.74, 6) is 0. The zero-order valence-electron chi connectivity index (χ0n) is 21.7. The second-order valence-corrected chi connectivity index (χ2v) is 10.0. The fourth-order valence-corrected chi connectivity index (χ4v) is 5.89. The van der Waals surface area contributed by atoms with Gasteiger partial charge < -0.3 is 0 Å². The molecule has 4 heteroatoms. The maximum Gasteiger partial charge on any atom is 0.0994 e. The fourth-order valence-electron chi connectivity index (χ4n) is 5.48. The topological polar surface area (TPSA) is 18.5 Å². The SMILES string of the molecule is Clc1c(-c2ccccc2)c2c(c(-c3ccccc3)c1-c1ccccc1)N(c1ccccc1)N(c1ccccc1)N2. The van der Waals surface area contributed by atoms with E-state index in [-0.39, 0.29) is 0 Å². The summed E-state index contributed by atoms with van der Waals surface area (Å²) in [6, 6.07) is 52.2. The van der Waals surface area contributed by atoms with E-state index in [4.69, 9.17) is 11.6 Å². The monoisotopic (exact) mass is 535 g/mol. The molecular formula is C36H26ClN3. The number of hydrogen-bond acceptors (Lipinski definition) is 3. The highest BCUT2D eigenvalue weighted by Crippen LogP contribution is 2.58. The fraction of sp³-hybridized carbons (Fsp3) is 0. The summed E-state index contributed by atoms with van der Waals surface area (Å²) < 4.78 is 0. The first-order chi connectivity index (χ1) is 19.8. The van der Waals surface area contributed by atoms with Gasteiger partial charge in [0.1, 0.15) is 0 Å². The number of nitrogens with zero attached hydrogens (tertiary/aromatic N) is 2. The molecule has 1 N–H and O–H groups in total. The van der Waals surface area contributed by atoms with Crippen LogP contribution in [0.15, 0.2) is 152 Å². The average molecular weight is 536 g/mol. The lowest BCUT2D eigenvalue weighted by molar-refractivity contribution is 0.970. The van der Waals surface area contributed by atoms with E-state index in [9.17, 15) is 0 Å². The standard InChI is InChI=1S/C36H26ClN3/c37-34-31(26-16-6-1-7-17-26)32(27-18-8-2-9-19-27)36-35(33(34)28-20-10-3-11-21-28)38-40(30-24-14-5-15-25-30)39(36)29-22-12-4-13-23-29/h1-25,38H. The molecule has 0 amide bonds. The van der Waals surface area contributed by atoms with E-state index >= 15 is 0 Å². The second kappa shape index (κ2) is 10.3. The van der Waals surface area contributed by atoms with Crippen molar-refractivity contribution in [3.8, 4) is 33.4 Å². The summed E-state index contributed by atoms with van der Waals surface area (Å²) >= 11 is 7.53. The lowest BCUT2D eigenvalue weighted by atomic mass is 9.87. The average Bonchev–Trinajstić information content (AvgIpc) is 3.42. The maximum absolute atomic E-state index is 7.53. The molecule has 3 nitrogen and oxygen atoms in total. The molecule has 1 heterocycles. The number of rotatable bonds is 5. The number of hydrogen-bond donors (Lipinski definition) is 1. The zero-order valence-corrected chi connectivity index (χ0v) is 22.5. The van der Waals surface area contributed by atoms with Gasteiger partial charge in [-0.05, 0) is 41.0 Å². The van der Waals surface area contributed by atoms with Crippen LogP contribution < -0.4 is 15.6 Å². The molecule has 0 radical (unpaired) electrons. The van der Waals surface area contributed by atoms with Gasteiger partial charge in [0.2, 0.25) is 0 Å². The lowest BCUT2D eigenvalue weighted by Crippen LogP contribution is -2.38. The summed E-state index contributed by atoms with van der Waals surface area (Å²) in [6.07, 6.45) is 0. The minimum absolute atomic E-state index is 0.713. The van der Waals surface area contributed by atoms with Gasteiger partial charge in [-0.15, -0.1) is 0 Å². The van der Waals surface area contributed by atoms with E-state index < -0.39 is 0 Å². The van der Waals surface area contributed by atoms with Crippen LogP contribution in [0, 0.1) is 0 Å². The van der Waals surface area contributed by atoms with Crippen LogP contribution in [0.1, 0.15) is 0 Å². The minimum atomic E-state index is 0.713. The molecule has 0 spiro atoms. The first kappa shape index (κ1) is 24.1. The molecule has 0 atom stereocenters. The number of anilines is 4.